The first-order chi connectivity index (χ1) is 12.9. The minimum Gasteiger partial charge on any atom is -0.379 e. The van der Waals surface area contributed by atoms with Gasteiger partial charge in [0, 0.05) is 23.4 Å². The zero-order chi connectivity index (χ0) is 20.5. The molecule has 0 spiro atoms. The molecule has 0 radical (unpaired) electrons. The van der Waals surface area contributed by atoms with Crippen molar-refractivity contribution in [2.24, 2.45) is 28.6 Å². The van der Waals surface area contributed by atoms with Gasteiger partial charge in [0.2, 0.25) is 5.91 Å². The first-order valence-corrected chi connectivity index (χ1v) is 11.3. The van der Waals surface area contributed by atoms with Crippen LogP contribution in [0.1, 0.15) is 86.0 Å². The highest BCUT2D eigenvalue weighted by molar-refractivity contribution is 5.87. The lowest BCUT2D eigenvalue weighted by atomic mass is 9.46. The van der Waals surface area contributed by atoms with E-state index in [1.54, 1.807) is 0 Å². The van der Waals surface area contributed by atoms with Crippen molar-refractivity contribution in [3.8, 4) is 0 Å². The molecule has 4 aliphatic rings. The van der Waals surface area contributed by atoms with Gasteiger partial charge in [-0.3, -0.25) is 9.59 Å². The Hall–Kier alpha value is -1.10. The molecule has 28 heavy (non-hydrogen) atoms. The summed E-state index contributed by atoms with van der Waals surface area (Å²) in [6.07, 6.45) is 7.17. The van der Waals surface area contributed by atoms with E-state index in [-0.39, 0.29) is 28.2 Å². The van der Waals surface area contributed by atoms with Crippen LogP contribution in [0.4, 0.5) is 0 Å². The highest BCUT2D eigenvalue weighted by atomic mass is 16.3. The van der Waals surface area contributed by atoms with E-state index in [0.29, 0.717) is 36.6 Å². The number of amides is 2. The number of rotatable bonds is 1. The average molecular weight is 391 g/mol. The van der Waals surface area contributed by atoms with Crippen molar-refractivity contribution in [1.82, 2.24) is 10.6 Å². The molecule has 0 bridgehead atoms. The number of piperidine rings is 1. The number of fused-ring (bicyclic) bond motifs is 5. The quantitative estimate of drug-likeness (QED) is 0.643. The fourth-order valence-electron chi connectivity index (χ4n) is 7.54. The number of carbonyl (C=O) groups is 2. The SMILES string of the molecule is CC(C)(C)NC(=O)C1(O)CC[C@H]2[C@@H]3CCC4NC(=O)CC[C@]4(C)[C@@H]3CC[C@@]21C. The van der Waals surface area contributed by atoms with E-state index >= 15 is 0 Å². The maximum absolute atomic E-state index is 13.1. The Morgan fingerprint density at radius 1 is 1.07 bits per heavy atom. The van der Waals surface area contributed by atoms with Gasteiger partial charge in [0.25, 0.3) is 5.91 Å². The Kier molecular flexibility index (Phi) is 4.47. The van der Waals surface area contributed by atoms with Crippen LogP contribution in [0.5, 0.6) is 0 Å². The van der Waals surface area contributed by atoms with Gasteiger partial charge in [-0.1, -0.05) is 13.8 Å². The van der Waals surface area contributed by atoms with Gasteiger partial charge < -0.3 is 15.7 Å². The van der Waals surface area contributed by atoms with Gasteiger partial charge in [-0.15, -0.1) is 0 Å². The standard InChI is InChI=1S/C23H38N2O3/c1-20(2,3)25-19(27)23(28)13-9-16-14-6-7-17-21(4,11-10-18(26)24-17)15(14)8-12-22(16,23)5/h14-17,28H,6-13H2,1-5H3,(H,24,26)(H,25,27)/t14-,15-,16+,17?,21-,22+,23?/m1/s1. The predicted octanol–water partition coefficient (Wildman–Crippen LogP) is 3.15. The summed E-state index contributed by atoms with van der Waals surface area (Å²) in [4.78, 5) is 25.1. The average Bonchev–Trinajstić information content (AvgIpc) is 2.87. The predicted molar refractivity (Wildman–Crippen MR) is 108 cm³/mol. The molecule has 1 aliphatic heterocycles. The minimum atomic E-state index is -1.27. The van der Waals surface area contributed by atoms with Crippen LogP contribution in [0.3, 0.4) is 0 Å². The second kappa shape index (κ2) is 6.20. The zero-order valence-electron chi connectivity index (χ0n) is 18.2. The summed E-state index contributed by atoms with van der Waals surface area (Å²) in [5, 5.41) is 18.0. The summed E-state index contributed by atoms with van der Waals surface area (Å²) in [6.45, 7) is 10.5. The highest BCUT2D eigenvalue weighted by Crippen LogP contribution is 2.66. The van der Waals surface area contributed by atoms with Crippen molar-refractivity contribution in [3.63, 3.8) is 0 Å². The van der Waals surface area contributed by atoms with Crippen LogP contribution in [-0.2, 0) is 9.59 Å². The molecule has 5 nitrogen and oxygen atoms in total. The van der Waals surface area contributed by atoms with E-state index in [1.807, 2.05) is 20.8 Å². The Morgan fingerprint density at radius 2 is 1.75 bits per heavy atom. The number of hydrogen-bond donors (Lipinski definition) is 3. The summed E-state index contributed by atoms with van der Waals surface area (Å²) in [5.74, 6) is 1.53. The monoisotopic (exact) mass is 390 g/mol. The van der Waals surface area contributed by atoms with Crippen molar-refractivity contribution < 1.29 is 14.7 Å². The number of hydrogen-bond acceptors (Lipinski definition) is 3. The van der Waals surface area contributed by atoms with Crippen LogP contribution in [0.25, 0.3) is 0 Å². The topological polar surface area (TPSA) is 78.4 Å². The van der Waals surface area contributed by atoms with E-state index in [2.05, 4.69) is 24.5 Å². The Morgan fingerprint density at radius 3 is 2.43 bits per heavy atom. The maximum atomic E-state index is 13.1. The highest BCUT2D eigenvalue weighted by Gasteiger charge is 2.67. The van der Waals surface area contributed by atoms with Crippen molar-refractivity contribution in [2.45, 2.75) is 103 Å². The maximum Gasteiger partial charge on any atom is 0.252 e. The Labute approximate surface area is 169 Å². The van der Waals surface area contributed by atoms with Gasteiger partial charge in [-0.2, -0.15) is 0 Å². The minimum absolute atomic E-state index is 0.159. The van der Waals surface area contributed by atoms with Crippen LogP contribution in [0.2, 0.25) is 0 Å². The fraction of sp³-hybridized carbons (Fsp3) is 0.913. The van der Waals surface area contributed by atoms with Gasteiger partial charge in [0.1, 0.15) is 5.60 Å². The lowest BCUT2D eigenvalue weighted by Gasteiger charge is -2.60. The molecule has 0 aromatic rings. The number of nitrogens with one attached hydrogen (secondary N) is 2. The van der Waals surface area contributed by atoms with E-state index in [4.69, 9.17) is 0 Å². The van der Waals surface area contributed by atoms with E-state index in [9.17, 15) is 14.7 Å². The van der Waals surface area contributed by atoms with Gasteiger partial charge in [-0.05, 0) is 88.9 Å². The van der Waals surface area contributed by atoms with Gasteiger partial charge >= 0.3 is 0 Å². The van der Waals surface area contributed by atoms with Crippen LogP contribution in [0.15, 0.2) is 0 Å². The third kappa shape index (κ3) is 2.75. The smallest absolute Gasteiger partial charge is 0.252 e. The van der Waals surface area contributed by atoms with Gasteiger partial charge in [-0.25, -0.2) is 0 Å². The molecule has 2 unspecified atom stereocenters. The molecule has 1 saturated heterocycles. The van der Waals surface area contributed by atoms with Crippen molar-refractivity contribution in [3.05, 3.63) is 0 Å². The molecule has 0 aromatic heterocycles. The third-order valence-electron chi connectivity index (χ3n) is 9.11. The number of carbonyl (C=O) groups excluding carboxylic acids is 2. The Balaban J connectivity index is 1.60. The molecule has 4 fully saturated rings. The van der Waals surface area contributed by atoms with E-state index < -0.39 is 5.60 Å². The fourth-order valence-corrected chi connectivity index (χ4v) is 7.54. The molecule has 7 atom stereocenters. The molecule has 2 amide bonds. The van der Waals surface area contributed by atoms with Crippen LogP contribution in [0, 0.1) is 28.6 Å². The van der Waals surface area contributed by atoms with E-state index in [0.717, 1.165) is 38.5 Å². The zero-order valence-corrected chi connectivity index (χ0v) is 18.2. The third-order valence-corrected chi connectivity index (χ3v) is 9.11. The first-order valence-electron chi connectivity index (χ1n) is 11.3. The van der Waals surface area contributed by atoms with E-state index in [1.165, 1.54) is 0 Å². The molecule has 3 aliphatic carbocycles. The first kappa shape index (κ1) is 20.2. The summed E-state index contributed by atoms with van der Waals surface area (Å²) in [6, 6.07) is 0.295. The van der Waals surface area contributed by atoms with Crippen molar-refractivity contribution in [2.75, 3.05) is 0 Å². The molecule has 3 saturated carbocycles. The molecule has 4 rings (SSSR count). The number of aliphatic hydroxyl groups is 1. The molecule has 3 N–H and O–H groups in total. The Bertz CT molecular complexity index is 686. The second-order valence-corrected chi connectivity index (χ2v) is 11.6. The second-order valence-electron chi connectivity index (χ2n) is 11.6. The largest absolute Gasteiger partial charge is 0.379 e. The van der Waals surface area contributed by atoms with Crippen LogP contribution >= 0.6 is 0 Å². The van der Waals surface area contributed by atoms with Crippen LogP contribution in [-0.4, -0.2) is 34.1 Å². The molecule has 1 heterocycles. The normalized spacial score (nSPS) is 48.1. The van der Waals surface area contributed by atoms with Crippen LogP contribution < -0.4 is 10.6 Å². The lowest BCUT2D eigenvalue weighted by Crippen LogP contribution is -2.64. The summed E-state index contributed by atoms with van der Waals surface area (Å²) < 4.78 is 0. The molecule has 0 aromatic carbocycles. The lowest BCUT2D eigenvalue weighted by molar-refractivity contribution is -0.171. The summed E-state index contributed by atoms with van der Waals surface area (Å²) in [5.41, 5.74) is -1.81. The summed E-state index contributed by atoms with van der Waals surface area (Å²) >= 11 is 0. The van der Waals surface area contributed by atoms with Gasteiger partial charge in [0.15, 0.2) is 0 Å². The summed E-state index contributed by atoms with van der Waals surface area (Å²) in [7, 11) is 0. The van der Waals surface area contributed by atoms with Crippen molar-refractivity contribution in [1.29, 1.82) is 0 Å². The molecular formula is C23H38N2O3. The molecular weight excluding hydrogens is 352 g/mol. The van der Waals surface area contributed by atoms with Crippen molar-refractivity contribution >= 4 is 11.8 Å². The molecule has 5 heteroatoms. The molecule has 158 valence electrons. The van der Waals surface area contributed by atoms with Gasteiger partial charge in [0.05, 0.1) is 0 Å².